The molecule has 1 atom stereocenters. The zero-order valence-corrected chi connectivity index (χ0v) is 12.7. The van der Waals surface area contributed by atoms with Gasteiger partial charge in [0, 0.05) is 5.92 Å². The first-order valence-electron chi connectivity index (χ1n) is 6.78. The average molecular weight is 256 g/mol. The number of aryl methyl sites for hydroxylation is 2. The maximum absolute atomic E-state index is 10.9. The van der Waals surface area contributed by atoms with Gasteiger partial charge in [0.25, 0.3) is 0 Å². The molecule has 0 aliphatic rings. The summed E-state index contributed by atoms with van der Waals surface area (Å²) in [6.07, 6.45) is 6.19. The summed E-state index contributed by atoms with van der Waals surface area (Å²) in [5.41, 5.74) is 5.98. The third kappa shape index (κ3) is 4.86. The van der Waals surface area contributed by atoms with Crippen LogP contribution in [0.25, 0.3) is 0 Å². The van der Waals surface area contributed by atoms with Crippen molar-refractivity contribution in [2.24, 2.45) is 0 Å². The summed E-state index contributed by atoms with van der Waals surface area (Å²) in [4.78, 5) is 10.9. The van der Waals surface area contributed by atoms with E-state index in [-0.39, 0.29) is 5.92 Å². The predicted octanol–water partition coefficient (Wildman–Crippen LogP) is 4.89. The van der Waals surface area contributed by atoms with Crippen molar-refractivity contribution in [2.75, 3.05) is 0 Å². The maximum Gasteiger partial charge on any atom is 0.145 e. The normalized spacial score (nSPS) is 13.0. The van der Waals surface area contributed by atoms with Gasteiger partial charge < -0.3 is 0 Å². The van der Waals surface area contributed by atoms with E-state index in [9.17, 15) is 4.79 Å². The van der Waals surface area contributed by atoms with E-state index in [0.717, 1.165) is 18.3 Å². The molecule has 1 aromatic rings. The summed E-state index contributed by atoms with van der Waals surface area (Å²) in [5.74, 6) is 0.278. The molecule has 0 N–H and O–H groups in total. The van der Waals surface area contributed by atoms with Gasteiger partial charge in [-0.05, 0) is 57.7 Å². The first-order valence-corrected chi connectivity index (χ1v) is 6.78. The topological polar surface area (TPSA) is 17.1 Å². The van der Waals surface area contributed by atoms with E-state index in [1.807, 2.05) is 6.92 Å². The van der Waals surface area contributed by atoms with Gasteiger partial charge in [-0.2, -0.15) is 0 Å². The molecular weight excluding hydrogens is 232 g/mol. The molecule has 0 aliphatic carbocycles. The van der Waals surface area contributed by atoms with Crippen LogP contribution in [0.3, 0.4) is 0 Å². The lowest BCUT2D eigenvalue weighted by atomic mass is 9.89. The van der Waals surface area contributed by atoms with Crippen LogP contribution < -0.4 is 0 Å². The van der Waals surface area contributed by atoms with Crippen LogP contribution in [0.2, 0.25) is 0 Å². The van der Waals surface area contributed by atoms with Gasteiger partial charge in [-0.15, -0.1) is 0 Å². The Balaban J connectivity index is 3.18. The SMILES string of the molecule is CC(C)=CCC(/C=C(\C)C=O)c1cc(C)ccc1C. The summed E-state index contributed by atoms with van der Waals surface area (Å²) < 4.78 is 0. The van der Waals surface area contributed by atoms with Crippen LogP contribution in [-0.2, 0) is 4.79 Å². The van der Waals surface area contributed by atoms with Gasteiger partial charge in [-0.25, -0.2) is 0 Å². The first-order chi connectivity index (χ1) is 8.93. The quantitative estimate of drug-likeness (QED) is 0.416. The van der Waals surface area contributed by atoms with Crippen molar-refractivity contribution < 1.29 is 4.79 Å². The Kier molecular flexibility index (Phi) is 5.75. The first kappa shape index (κ1) is 15.4. The second-order valence-corrected chi connectivity index (χ2v) is 5.51. The van der Waals surface area contributed by atoms with Crippen molar-refractivity contribution in [1.82, 2.24) is 0 Å². The largest absolute Gasteiger partial charge is 0.298 e. The average Bonchev–Trinajstić information content (AvgIpc) is 2.37. The van der Waals surface area contributed by atoms with Crippen molar-refractivity contribution in [2.45, 2.75) is 47.0 Å². The molecule has 0 saturated heterocycles. The minimum Gasteiger partial charge on any atom is -0.298 e. The zero-order valence-electron chi connectivity index (χ0n) is 12.7. The lowest BCUT2D eigenvalue weighted by molar-refractivity contribution is -0.104. The van der Waals surface area contributed by atoms with E-state index in [4.69, 9.17) is 0 Å². The Morgan fingerprint density at radius 1 is 1.21 bits per heavy atom. The van der Waals surface area contributed by atoms with E-state index >= 15 is 0 Å². The second-order valence-electron chi connectivity index (χ2n) is 5.51. The monoisotopic (exact) mass is 256 g/mol. The van der Waals surface area contributed by atoms with Crippen molar-refractivity contribution in [1.29, 1.82) is 0 Å². The molecule has 1 nitrogen and oxygen atoms in total. The molecule has 0 bridgehead atoms. The minimum atomic E-state index is 0.278. The highest BCUT2D eigenvalue weighted by molar-refractivity contribution is 5.72. The van der Waals surface area contributed by atoms with Crippen molar-refractivity contribution in [3.63, 3.8) is 0 Å². The van der Waals surface area contributed by atoms with Crippen LogP contribution in [0.5, 0.6) is 0 Å². The van der Waals surface area contributed by atoms with E-state index in [0.29, 0.717) is 0 Å². The number of carbonyl (C=O) groups is 1. The molecule has 0 amide bonds. The van der Waals surface area contributed by atoms with Crippen LogP contribution in [0.4, 0.5) is 0 Å². The summed E-state index contributed by atoms with van der Waals surface area (Å²) in [6, 6.07) is 6.52. The molecule has 102 valence electrons. The molecule has 0 aliphatic heterocycles. The minimum absolute atomic E-state index is 0.278. The molecule has 0 fully saturated rings. The van der Waals surface area contributed by atoms with Crippen LogP contribution in [0.1, 0.15) is 49.8 Å². The molecule has 0 radical (unpaired) electrons. The number of hydrogen-bond acceptors (Lipinski definition) is 1. The highest BCUT2D eigenvalue weighted by atomic mass is 16.1. The van der Waals surface area contributed by atoms with Crippen molar-refractivity contribution in [3.05, 3.63) is 58.2 Å². The molecule has 1 rings (SSSR count). The van der Waals surface area contributed by atoms with E-state index in [1.54, 1.807) is 0 Å². The predicted molar refractivity (Wildman–Crippen MR) is 82.5 cm³/mol. The fraction of sp³-hybridized carbons (Fsp3) is 0.389. The number of benzene rings is 1. The van der Waals surface area contributed by atoms with Crippen LogP contribution in [0.15, 0.2) is 41.5 Å². The van der Waals surface area contributed by atoms with Crippen LogP contribution in [-0.4, -0.2) is 6.29 Å². The summed E-state index contributed by atoms with van der Waals surface area (Å²) in [5, 5.41) is 0. The van der Waals surface area contributed by atoms with Gasteiger partial charge in [0.05, 0.1) is 0 Å². The third-order valence-electron chi connectivity index (χ3n) is 3.26. The van der Waals surface area contributed by atoms with E-state index in [2.05, 4.69) is 58.0 Å². The molecule has 0 saturated carbocycles. The number of hydrogen-bond donors (Lipinski definition) is 0. The van der Waals surface area contributed by atoms with Gasteiger partial charge in [0.2, 0.25) is 0 Å². The lowest BCUT2D eigenvalue weighted by Gasteiger charge is -2.16. The van der Waals surface area contributed by atoms with Crippen LogP contribution >= 0.6 is 0 Å². The Hall–Kier alpha value is -1.63. The molecular formula is C18H24O. The molecule has 1 aromatic carbocycles. The summed E-state index contributed by atoms with van der Waals surface area (Å²) in [6.45, 7) is 10.3. The van der Waals surface area contributed by atoms with E-state index in [1.165, 1.54) is 22.3 Å². The maximum atomic E-state index is 10.9. The molecule has 19 heavy (non-hydrogen) atoms. The second kappa shape index (κ2) is 7.08. The zero-order chi connectivity index (χ0) is 14.4. The number of carbonyl (C=O) groups excluding carboxylic acids is 1. The lowest BCUT2D eigenvalue weighted by Crippen LogP contribution is -2.00. The van der Waals surface area contributed by atoms with Gasteiger partial charge in [0.15, 0.2) is 0 Å². The third-order valence-corrected chi connectivity index (χ3v) is 3.26. The highest BCUT2D eigenvalue weighted by Gasteiger charge is 2.11. The van der Waals surface area contributed by atoms with Gasteiger partial charge >= 0.3 is 0 Å². The Labute approximate surface area is 117 Å². The van der Waals surface area contributed by atoms with E-state index < -0.39 is 0 Å². The Bertz CT molecular complexity index is 502. The van der Waals surface area contributed by atoms with Gasteiger partial charge in [-0.1, -0.05) is 41.5 Å². The highest BCUT2D eigenvalue weighted by Crippen LogP contribution is 2.27. The van der Waals surface area contributed by atoms with Crippen LogP contribution in [0, 0.1) is 13.8 Å². The molecule has 1 unspecified atom stereocenters. The fourth-order valence-corrected chi connectivity index (χ4v) is 2.16. The number of rotatable bonds is 5. The summed E-state index contributed by atoms with van der Waals surface area (Å²) >= 11 is 0. The summed E-state index contributed by atoms with van der Waals surface area (Å²) in [7, 11) is 0. The van der Waals surface area contributed by atoms with Gasteiger partial charge in [-0.3, -0.25) is 4.79 Å². The van der Waals surface area contributed by atoms with Gasteiger partial charge in [0.1, 0.15) is 6.29 Å². The molecule has 0 spiro atoms. The number of aldehydes is 1. The fourth-order valence-electron chi connectivity index (χ4n) is 2.16. The smallest absolute Gasteiger partial charge is 0.145 e. The standard InChI is InChI=1S/C18H24O/c1-13(2)6-9-17(10-15(4)12-19)18-11-14(3)7-8-16(18)5/h6-8,10-12,17H,9H2,1-5H3/b15-10+. The Morgan fingerprint density at radius 2 is 1.89 bits per heavy atom. The van der Waals surface area contributed by atoms with Crippen molar-refractivity contribution >= 4 is 6.29 Å². The Morgan fingerprint density at radius 3 is 2.47 bits per heavy atom. The van der Waals surface area contributed by atoms with Crippen molar-refractivity contribution in [3.8, 4) is 0 Å². The molecule has 1 heteroatoms. The molecule has 0 heterocycles. The number of allylic oxidation sites excluding steroid dienone is 4. The molecule has 0 aromatic heterocycles.